The first-order chi connectivity index (χ1) is 9.04. The first kappa shape index (κ1) is 14.2. The van der Waals surface area contributed by atoms with E-state index in [9.17, 15) is 4.79 Å². The topological polar surface area (TPSA) is 78.9 Å². The molecule has 1 amide bonds. The number of carbonyl (C=O) groups is 1. The van der Waals surface area contributed by atoms with Crippen LogP contribution in [0.1, 0.15) is 52.4 Å². The van der Waals surface area contributed by atoms with Crippen molar-refractivity contribution in [2.75, 3.05) is 6.54 Å². The van der Waals surface area contributed by atoms with Crippen LogP contribution in [0.5, 0.6) is 0 Å². The van der Waals surface area contributed by atoms with Gasteiger partial charge in [0.2, 0.25) is 5.91 Å². The number of rotatable bonds is 3. The molecule has 1 aliphatic heterocycles. The number of nitrogens with zero attached hydrogens (tertiary/aromatic N) is 2. The minimum atomic E-state index is -0.874. The van der Waals surface area contributed by atoms with Crippen molar-refractivity contribution in [3.05, 3.63) is 0 Å². The molecule has 2 aliphatic rings. The third-order valence-corrected chi connectivity index (χ3v) is 5.12. The Bertz CT molecular complexity index is 383. The van der Waals surface area contributed by atoms with Gasteiger partial charge in [-0.25, -0.2) is 0 Å². The quantitative estimate of drug-likeness (QED) is 0.355. The van der Waals surface area contributed by atoms with Crippen molar-refractivity contribution in [3.63, 3.8) is 0 Å². The van der Waals surface area contributed by atoms with Gasteiger partial charge in [0.05, 0.1) is 0 Å². The number of amidine groups is 1. The predicted molar refractivity (Wildman–Crippen MR) is 73.9 cm³/mol. The summed E-state index contributed by atoms with van der Waals surface area (Å²) in [6, 6.07) is 0.374. The SMILES string of the molecule is CCC(C)(C(=O)N1CCC2CCCCC21)C(N)=NO. The molecular weight excluding hydrogens is 242 g/mol. The first-order valence-electron chi connectivity index (χ1n) is 7.33. The van der Waals surface area contributed by atoms with Crippen molar-refractivity contribution in [1.29, 1.82) is 0 Å². The lowest BCUT2D eigenvalue weighted by Crippen LogP contribution is -2.51. The lowest BCUT2D eigenvalue weighted by molar-refractivity contribution is -0.139. The Labute approximate surface area is 114 Å². The Kier molecular flexibility index (Phi) is 4.02. The number of amides is 1. The van der Waals surface area contributed by atoms with Gasteiger partial charge in [-0.05, 0) is 38.5 Å². The second-order valence-corrected chi connectivity index (χ2v) is 6.07. The van der Waals surface area contributed by atoms with Crippen LogP contribution in [-0.2, 0) is 4.79 Å². The van der Waals surface area contributed by atoms with E-state index >= 15 is 0 Å². The summed E-state index contributed by atoms with van der Waals surface area (Å²) in [5.41, 5.74) is 4.88. The maximum atomic E-state index is 12.8. The number of likely N-dealkylation sites (tertiary alicyclic amines) is 1. The van der Waals surface area contributed by atoms with Gasteiger partial charge in [-0.3, -0.25) is 4.79 Å². The number of nitrogens with two attached hydrogens (primary N) is 1. The highest BCUT2D eigenvalue weighted by Crippen LogP contribution is 2.39. The van der Waals surface area contributed by atoms with Gasteiger partial charge in [-0.15, -0.1) is 0 Å². The Hall–Kier alpha value is -1.26. The standard InChI is InChI=1S/C14H25N3O2/c1-3-14(2,12(15)16-19)13(18)17-9-8-10-6-4-5-7-11(10)17/h10-11,19H,3-9H2,1-2H3,(H2,15,16). The van der Waals surface area contributed by atoms with Crippen molar-refractivity contribution in [3.8, 4) is 0 Å². The molecule has 0 aromatic rings. The zero-order valence-electron chi connectivity index (χ0n) is 11.9. The molecule has 5 nitrogen and oxygen atoms in total. The van der Waals surface area contributed by atoms with E-state index < -0.39 is 5.41 Å². The van der Waals surface area contributed by atoms with Crippen molar-refractivity contribution in [2.45, 2.75) is 58.4 Å². The molecule has 2 fully saturated rings. The highest BCUT2D eigenvalue weighted by molar-refractivity contribution is 6.06. The third kappa shape index (κ3) is 2.30. The van der Waals surface area contributed by atoms with E-state index in [4.69, 9.17) is 10.9 Å². The number of fused-ring (bicyclic) bond motifs is 1. The third-order valence-electron chi connectivity index (χ3n) is 5.12. The first-order valence-corrected chi connectivity index (χ1v) is 7.33. The van der Waals surface area contributed by atoms with Gasteiger partial charge in [-0.2, -0.15) is 0 Å². The molecule has 0 spiro atoms. The number of hydrogen-bond acceptors (Lipinski definition) is 3. The van der Waals surface area contributed by atoms with Crippen molar-refractivity contribution >= 4 is 11.7 Å². The molecule has 3 unspecified atom stereocenters. The second kappa shape index (κ2) is 5.39. The lowest BCUT2D eigenvalue weighted by atomic mass is 9.82. The molecule has 5 heteroatoms. The molecule has 1 aliphatic carbocycles. The van der Waals surface area contributed by atoms with Crippen molar-refractivity contribution in [2.24, 2.45) is 22.2 Å². The predicted octanol–water partition coefficient (Wildman–Crippen LogP) is 1.94. The van der Waals surface area contributed by atoms with E-state index in [1.165, 1.54) is 19.3 Å². The molecule has 19 heavy (non-hydrogen) atoms. The van der Waals surface area contributed by atoms with Crippen molar-refractivity contribution < 1.29 is 10.0 Å². The Morgan fingerprint density at radius 3 is 2.74 bits per heavy atom. The lowest BCUT2D eigenvalue weighted by Gasteiger charge is -2.37. The number of oxime groups is 1. The van der Waals surface area contributed by atoms with Crippen LogP contribution < -0.4 is 5.73 Å². The summed E-state index contributed by atoms with van der Waals surface area (Å²) in [5.74, 6) is 0.713. The van der Waals surface area contributed by atoms with Crippen LogP contribution >= 0.6 is 0 Å². The van der Waals surface area contributed by atoms with Crippen LogP contribution in [0.3, 0.4) is 0 Å². The number of carbonyl (C=O) groups excluding carboxylic acids is 1. The minimum Gasteiger partial charge on any atom is -0.409 e. The summed E-state index contributed by atoms with van der Waals surface area (Å²) in [4.78, 5) is 14.8. The van der Waals surface area contributed by atoms with Crippen LogP contribution in [0.15, 0.2) is 5.16 Å². The molecular formula is C14H25N3O2. The minimum absolute atomic E-state index is 0.0271. The van der Waals surface area contributed by atoms with Gasteiger partial charge >= 0.3 is 0 Å². The monoisotopic (exact) mass is 267 g/mol. The van der Waals surface area contributed by atoms with Crippen molar-refractivity contribution in [1.82, 2.24) is 4.90 Å². The maximum Gasteiger partial charge on any atom is 0.236 e. The largest absolute Gasteiger partial charge is 0.409 e. The molecule has 0 radical (unpaired) electrons. The zero-order valence-corrected chi connectivity index (χ0v) is 11.9. The van der Waals surface area contributed by atoms with E-state index in [0.717, 1.165) is 19.4 Å². The molecule has 1 saturated carbocycles. The fourth-order valence-electron chi connectivity index (χ4n) is 3.53. The zero-order chi connectivity index (χ0) is 14.0. The van der Waals surface area contributed by atoms with Gasteiger partial charge in [0, 0.05) is 12.6 Å². The smallest absolute Gasteiger partial charge is 0.236 e. The molecule has 0 aromatic heterocycles. The van der Waals surface area contributed by atoms with Gasteiger partial charge in [0.25, 0.3) is 0 Å². The summed E-state index contributed by atoms with van der Waals surface area (Å²) in [6.45, 7) is 4.51. The van der Waals surface area contributed by atoms with Crippen LogP contribution in [0.25, 0.3) is 0 Å². The highest BCUT2D eigenvalue weighted by atomic mass is 16.4. The average molecular weight is 267 g/mol. The van der Waals surface area contributed by atoms with E-state index in [0.29, 0.717) is 18.4 Å². The van der Waals surface area contributed by atoms with E-state index in [2.05, 4.69) is 5.16 Å². The molecule has 108 valence electrons. The van der Waals surface area contributed by atoms with Crippen LogP contribution in [-0.4, -0.2) is 34.4 Å². The van der Waals surface area contributed by atoms with Gasteiger partial charge < -0.3 is 15.8 Å². The Morgan fingerprint density at radius 1 is 1.42 bits per heavy atom. The Morgan fingerprint density at radius 2 is 2.11 bits per heavy atom. The molecule has 3 N–H and O–H groups in total. The molecule has 2 rings (SSSR count). The summed E-state index contributed by atoms with van der Waals surface area (Å²) in [5, 5.41) is 12.0. The summed E-state index contributed by atoms with van der Waals surface area (Å²) in [6.07, 6.45) is 6.49. The normalized spacial score (nSPS) is 30.8. The second-order valence-electron chi connectivity index (χ2n) is 6.07. The summed E-state index contributed by atoms with van der Waals surface area (Å²) < 4.78 is 0. The highest BCUT2D eigenvalue weighted by Gasteiger charge is 2.46. The average Bonchev–Trinajstić information content (AvgIpc) is 2.88. The Balaban J connectivity index is 2.19. The van der Waals surface area contributed by atoms with Crippen LogP contribution in [0, 0.1) is 11.3 Å². The number of hydrogen-bond donors (Lipinski definition) is 2. The molecule has 1 saturated heterocycles. The molecule has 0 aromatic carbocycles. The van der Waals surface area contributed by atoms with Gasteiger partial charge in [0.1, 0.15) is 5.41 Å². The van der Waals surface area contributed by atoms with E-state index in [-0.39, 0.29) is 11.7 Å². The van der Waals surface area contributed by atoms with Gasteiger partial charge in [0.15, 0.2) is 5.84 Å². The molecule has 3 atom stereocenters. The van der Waals surface area contributed by atoms with E-state index in [1.54, 1.807) is 6.92 Å². The fourth-order valence-corrected chi connectivity index (χ4v) is 3.53. The summed E-state index contributed by atoms with van der Waals surface area (Å²) >= 11 is 0. The molecule has 0 bridgehead atoms. The summed E-state index contributed by atoms with van der Waals surface area (Å²) in [7, 11) is 0. The molecule has 1 heterocycles. The van der Waals surface area contributed by atoms with Gasteiger partial charge in [-0.1, -0.05) is 24.9 Å². The fraction of sp³-hybridized carbons (Fsp3) is 0.857. The van der Waals surface area contributed by atoms with Crippen LogP contribution in [0.4, 0.5) is 0 Å². The maximum absolute atomic E-state index is 12.8. The van der Waals surface area contributed by atoms with E-state index in [1.807, 2.05) is 11.8 Å². The van der Waals surface area contributed by atoms with Crippen LogP contribution in [0.2, 0.25) is 0 Å².